The normalized spacial score (nSPS) is 32.9. The Labute approximate surface area is 108 Å². The predicted octanol–water partition coefficient (Wildman–Crippen LogP) is 1.18. The molecule has 0 amide bonds. The minimum atomic E-state index is 0.277. The van der Waals surface area contributed by atoms with Gasteiger partial charge in [0.05, 0.1) is 19.3 Å². The van der Waals surface area contributed by atoms with Crippen LogP contribution in [0.1, 0.15) is 20.3 Å². The Bertz CT molecular complexity index is 272. The summed E-state index contributed by atoms with van der Waals surface area (Å²) in [5.74, 6) is 1.15. The van der Waals surface area contributed by atoms with E-state index >= 15 is 0 Å². The highest BCUT2D eigenvalue weighted by molar-refractivity contribution is 8.14. The van der Waals surface area contributed by atoms with Gasteiger partial charge in [0, 0.05) is 24.9 Å². The van der Waals surface area contributed by atoms with E-state index in [0.29, 0.717) is 6.04 Å². The number of rotatable bonds is 4. The van der Waals surface area contributed by atoms with E-state index in [1.165, 1.54) is 6.42 Å². The Morgan fingerprint density at radius 1 is 1.53 bits per heavy atom. The van der Waals surface area contributed by atoms with Crippen molar-refractivity contribution in [3.63, 3.8) is 0 Å². The van der Waals surface area contributed by atoms with E-state index in [2.05, 4.69) is 29.1 Å². The first kappa shape index (κ1) is 13.2. The van der Waals surface area contributed by atoms with E-state index in [4.69, 9.17) is 4.74 Å². The van der Waals surface area contributed by atoms with Crippen LogP contribution in [0.15, 0.2) is 4.99 Å². The van der Waals surface area contributed by atoms with E-state index in [9.17, 15) is 0 Å². The highest BCUT2D eigenvalue weighted by Gasteiger charge is 2.21. The summed E-state index contributed by atoms with van der Waals surface area (Å²) in [6.45, 7) is 9.26. The molecule has 5 heteroatoms. The van der Waals surface area contributed by atoms with Crippen molar-refractivity contribution in [2.24, 2.45) is 4.99 Å². The maximum atomic E-state index is 5.74. The van der Waals surface area contributed by atoms with Gasteiger partial charge in [0.2, 0.25) is 0 Å². The van der Waals surface area contributed by atoms with Gasteiger partial charge in [-0.3, -0.25) is 9.89 Å². The van der Waals surface area contributed by atoms with E-state index in [1.807, 2.05) is 11.8 Å². The van der Waals surface area contributed by atoms with Crippen LogP contribution >= 0.6 is 11.8 Å². The number of likely N-dealkylation sites (N-methyl/N-ethyl adjacent to an activating group) is 1. The van der Waals surface area contributed by atoms with Crippen molar-refractivity contribution in [1.29, 1.82) is 0 Å². The van der Waals surface area contributed by atoms with E-state index < -0.39 is 0 Å². The molecular weight excluding hydrogens is 234 g/mol. The maximum Gasteiger partial charge on any atom is 0.156 e. The first-order valence-corrected chi connectivity index (χ1v) is 7.58. The van der Waals surface area contributed by atoms with Crippen LogP contribution in [0, 0.1) is 0 Å². The second-order valence-electron chi connectivity index (χ2n) is 4.59. The summed E-state index contributed by atoms with van der Waals surface area (Å²) < 4.78 is 5.74. The molecule has 17 heavy (non-hydrogen) atoms. The molecule has 2 saturated heterocycles. The SMILES string of the molecule is CCC1CSC(=NCC2CN(CC)CCO2)N1. The Hall–Kier alpha value is -0.260. The van der Waals surface area contributed by atoms with Crippen molar-refractivity contribution >= 4 is 16.9 Å². The lowest BCUT2D eigenvalue weighted by molar-refractivity contribution is -0.0209. The molecule has 2 aliphatic rings. The monoisotopic (exact) mass is 257 g/mol. The highest BCUT2D eigenvalue weighted by Crippen LogP contribution is 2.16. The molecule has 2 atom stereocenters. The topological polar surface area (TPSA) is 36.9 Å². The molecule has 0 saturated carbocycles. The van der Waals surface area contributed by atoms with Crippen molar-refractivity contribution in [2.45, 2.75) is 32.4 Å². The molecule has 0 bridgehead atoms. The fourth-order valence-electron chi connectivity index (χ4n) is 2.11. The standard InChI is InChI=1S/C12H23N3OS/c1-3-10-9-17-12(14-10)13-7-11-8-15(4-2)5-6-16-11/h10-11H,3-9H2,1-2H3,(H,13,14). The Morgan fingerprint density at radius 3 is 3.12 bits per heavy atom. The van der Waals surface area contributed by atoms with Crippen LogP contribution in [0.5, 0.6) is 0 Å². The summed E-state index contributed by atoms with van der Waals surface area (Å²) in [6.07, 6.45) is 1.45. The number of nitrogens with zero attached hydrogens (tertiary/aromatic N) is 2. The first-order chi connectivity index (χ1) is 8.31. The van der Waals surface area contributed by atoms with Crippen molar-refractivity contribution < 1.29 is 4.74 Å². The van der Waals surface area contributed by atoms with E-state index in [0.717, 1.165) is 43.7 Å². The van der Waals surface area contributed by atoms with Crippen LogP contribution in [-0.2, 0) is 4.74 Å². The lowest BCUT2D eigenvalue weighted by atomic mass is 10.2. The van der Waals surface area contributed by atoms with Crippen LogP contribution < -0.4 is 5.32 Å². The van der Waals surface area contributed by atoms with Crippen molar-refractivity contribution in [3.8, 4) is 0 Å². The summed E-state index contributed by atoms with van der Waals surface area (Å²) in [7, 11) is 0. The quantitative estimate of drug-likeness (QED) is 0.820. The number of morpholine rings is 1. The summed E-state index contributed by atoms with van der Waals surface area (Å²) in [6, 6.07) is 0.609. The van der Waals surface area contributed by atoms with Gasteiger partial charge in [0.15, 0.2) is 5.17 Å². The second-order valence-corrected chi connectivity index (χ2v) is 5.60. The molecule has 4 nitrogen and oxygen atoms in total. The predicted molar refractivity (Wildman–Crippen MR) is 73.8 cm³/mol. The smallest absolute Gasteiger partial charge is 0.156 e. The molecule has 0 aliphatic carbocycles. The summed E-state index contributed by atoms with van der Waals surface area (Å²) in [5.41, 5.74) is 0. The van der Waals surface area contributed by atoms with Gasteiger partial charge in [-0.05, 0) is 13.0 Å². The molecule has 1 N–H and O–H groups in total. The molecule has 2 fully saturated rings. The fourth-order valence-corrected chi connectivity index (χ4v) is 3.21. The molecular formula is C12H23N3OS. The maximum absolute atomic E-state index is 5.74. The zero-order valence-electron chi connectivity index (χ0n) is 10.8. The fraction of sp³-hybridized carbons (Fsp3) is 0.917. The summed E-state index contributed by atoms with van der Waals surface area (Å²) >= 11 is 1.84. The summed E-state index contributed by atoms with van der Waals surface area (Å²) in [5, 5.41) is 4.55. The molecule has 2 rings (SSSR count). The lowest BCUT2D eigenvalue weighted by Gasteiger charge is -2.31. The van der Waals surface area contributed by atoms with Gasteiger partial charge in [-0.15, -0.1) is 0 Å². The largest absolute Gasteiger partial charge is 0.374 e. The molecule has 2 aliphatic heterocycles. The minimum Gasteiger partial charge on any atom is -0.374 e. The number of nitrogens with one attached hydrogen (secondary N) is 1. The second kappa shape index (κ2) is 6.61. The van der Waals surface area contributed by atoms with Gasteiger partial charge in [0.25, 0.3) is 0 Å². The number of amidine groups is 1. The average Bonchev–Trinajstić information content (AvgIpc) is 2.84. The molecule has 0 aromatic carbocycles. The van der Waals surface area contributed by atoms with Crippen LogP contribution in [0.25, 0.3) is 0 Å². The molecule has 0 aromatic rings. The molecule has 2 unspecified atom stereocenters. The van der Waals surface area contributed by atoms with Crippen molar-refractivity contribution in [2.75, 3.05) is 38.5 Å². The third-order valence-corrected chi connectivity index (χ3v) is 4.44. The Morgan fingerprint density at radius 2 is 2.41 bits per heavy atom. The van der Waals surface area contributed by atoms with Crippen LogP contribution in [0.3, 0.4) is 0 Å². The average molecular weight is 257 g/mol. The molecule has 0 aromatic heterocycles. The Kier molecular flexibility index (Phi) is 5.13. The van der Waals surface area contributed by atoms with Crippen LogP contribution in [0.2, 0.25) is 0 Å². The zero-order valence-corrected chi connectivity index (χ0v) is 11.6. The number of aliphatic imine (C=N–C) groups is 1. The highest BCUT2D eigenvalue weighted by atomic mass is 32.2. The number of hydrogen-bond donors (Lipinski definition) is 1. The zero-order chi connectivity index (χ0) is 12.1. The van der Waals surface area contributed by atoms with E-state index in [-0.39, 0.29) is 6.10 Å². The molecule has 2 heterocycles. The van der Waals surface area contributed by atoms with Crippen LogP contribution in [-0.4, -0.2) is 60.8 Å². The first-order valence-electron chi connectivity index (χ1n) is 6.59. The van der Waals surface area contributed by atoms with Gasteiger partial charge in [-0.25, -0.2) is 0 Å². The molecule has 98 valence electrons. The molecule has 0 spiro atoms. The van der Waals surface area contributed by atoms with Crippen molar-refractivity contribution in [1.82, 2.24) is 10.2 Å². The number of thioether (sulfide) groups is 1. The number of hydrogen-bond acceptors (Lipinski definition) is 4. The van der Waals surface area contributed by atoms with Gasteiger partial charge in [-0.1, -0.05) is 25.6 Å². The summed E-state index contributed by atoms with van der Waals surface area (Å²) in [4.78, 5) is 7.06. The third kappa shape index (κ3) is 3.86. The molecule has 0 radical (unpaired) electrons. The van der Waals surface area contributed by atoms with Crippen molar-refractivity contribution in [3.05, 3.63) is 0 Å². The van der Waals surface area contributed by atoms with Gasteiger partial charge >= 0.3 is 0 Å². The number of ether oxygens (including phenoxy) is 1. The lowest BCUT2D eigenvalue weighted by Crippen LogP contribution is -2.43. The Balaban J connectivity index is 1.76. The van der Waals surface area contributed by atoms with Gasteiger partial charge in [-0.2, -0.15) is 0 Å². The van der Waals surface area contributed by atoms with Gasteiger partial charge in [0.1, 0.15) is 0 Å². The van der Waals surface area contributed by atoms with Gasteiger partial charge < -0.3 is 10.1 Å². The van der Waals surface area contributed by atoms with E-state index in [1.54, 1.807) is 0 Å². The third-order valence-electron chi connectivity index (χ3n) is 3.35. The minimum absolute atomic E-state index is 0.277. The van der Waals surface area contributed by atoms with Crippen LogP contribution in [0.4, 0.5) is 0 Å².